The van der Waals surface area contributed by atoms with E-state index in [-0.39, 0.29) is 6.04 Å². The third-order valence-corrected chi connectivity index (χ3v) is 6.19. The van der Waals surface area contributed by atoms with E-state index in [9.17, 15) is 13.2 Å². The molecular formula is C9H19F3OSi. The average molecular weight is 228 g/mol. The van der Waals surface area contributed by atoms with Crippen molar-refractivity contribution in [2.75, 3.05) is 7.11 Å². The summed E-state index contributed by atoms with van der Waals surface area (Å²) < 4.78 is 41.3. The van der Waals surface area contributed by atoms with Crippen molar-refractivity contribution in [3.8, 4) is 0 Å². The molecule has 0 N–H and O–H groups in total. The second-order valence-electron chi connectivity index (χ2n) is 3.87. The van der Waals surface area contributed by atoms with Crippen LogP contribution in [0.25, 0.3) is 0 Å². The molecule has 86 valence electrons. The first-order chi connectivity index (χ1) is 6.33. The lowest BCUT2D eigenvalue weighted by molar-refractivity contribution is -0.131. The molecule has 0 aliphatic carbocycles. The zero-order valence-electron chi connectivity index (χ0n) is 9.08. The Kier molecular flexibility index (Phi) is 5.74. The number of alkyl halides is 3. The van der Waals surface area contributed by atoms with E-state index in [0.29, 0.717) is 0 Å². The van der Waals surface area contributed by atoms with Crippen LogP contribution in [-0.4, -0.2) is 21.6 Å². The molecule has 0 saturated heterocycles. The molecule has 0 heterocycles. The lowest BCUT2D eigenvalue weighted by Crippen LogP contribution is -2.34. The molecule has 0 aromatic rings. The van der Waals surface area contributed by atoms with Gasteiger partial charge in [-0.2, -0.15) is 13.2 Å². The molecule has 0 aliphatic heterocycles. The molecule has 0 bridgehead atoms. The Labute approximate surface area is 84.8 Å². The van der Waals surface area contributed by atoms with Crippen molar-refractivity contribution in [1.82, 2.24) is 0 Å². The van der Waals surface area contributed by atoms with Gasteiger partial charge in [0.2, 0.25) is 0 Å². The molecule has 0 spiro atoms. The number of unbranched alkanes of at least 4 members (excludes halogenated alkanes) is 1. The molecular weight excluding hydrogens is 209 g/mol. The third kappa shape index (κ3) is 6.43. The SMILES string of the molecule is CCCC[Si](C)(CCC(F)(F)F)OC. The van der Waals surface area contributed by atoms with Crippen molar-refractivity contribution in [2.45, 2.75) is 51.0 Å². The van der Waals surface area contributed by atoms with Crippen LogP contribution in [0.1, 0.15) is 26.2 Å². The van der Waals surface area contributed by atoms with E-state index < -0.39 is 20.9 Å². The van der Waals surface area contributed by atoms with E-state index >= 15 is 0 Å². The fraction of sp³-hybridized carbons (Fsp3) is 1.00. The molecule has 5 heteroatoms. The first-order valence-corrected chi connectivity index (χ1v) is 7.77. The van der Waals surface area contributed by atoms with E-state index in [1.807, 2.05) is 13.5 Å². The Hall–Kier alpha value is -0.0331. The minimum atomic E-state index is -4.04. The normalized spacial score (nSPS) is 16.7. The molecule has 0 radical (unpaired) electrons. The Morgan fingerprint density at radius 1 is 1.21 bits per heavy atom. The van der Waals surface area contributed by atoms with Crippen LogP contribution < -0.4 is 0 Å². The van der Waals surface area contributed by atoms with Gasteiger partial charge in [0.15, 0.2) is 8.32 Å². The van der Waals surface area contributed by atoms with Gasteiger partial charge in [-0.25, -0.2) is 0 Å². The summed E-state index contributed by atoms with van der Waals surface area (Å²) in [5, 5.41) is 0. The smallest absolute Gasteiger partial charge is 0.388 e. The van der Waals surface area contributed by atoms with Crippen molar-refractivity contribution in [3.05, 3.63) is 0 Å². The van der Waals surface area contributed by atoms with Crippen LogP contribution in [-0.2, 0) is 4.43 Å². The van der Waals surface area contributed by atoms with Gasteiger partial charge in [-0.15, -0.1) is 0 Å². The van der Waals surface area contributed by atoms with Gasteiger partial charge >= 0.3 is 6.18 Å². The van der Waals surface area contributed by atoms with Crippen molar-refractivity contribution < 1.29 is 17.6 Å². The van der Waals surface area contributed by atoms with Gasteiger partial charge in [0.1, 0.15) is 0 Å². The van der Waals surface area contributed by atoms with Crippen LogP contribution in [0.15, 0.2) is 0 Å². The zero-order valence-corrected chi connectivity index (χ0v) is 10.1. The van der Waals surface area contributed by atoms with E-state index in [1.54, 1.807) is 0 Å². The predicted molar refractivity (Wildman–Crippen MR) is 53.8 cm³/mol. The molecule has 0 amide bonds. The third-order valence-electron chi connectivity index (χ3n) is 2.49. The lowest BCUT2D eigenvalue weighted by atomic mass is 10.4. The lowest BCUT2D eigenvalue weighted by Gasteiger charge is -2.25. The minimum Gasteiger partial charge on any atom is -0.420 e. The topological polar surface area (TPSA) is 9.23 Å². The Morgan fingerprint density at radius 3 is 2.14 bits per heavy atom. The minimum absolute atomic E-state index is 0.188. The maximum Gasteiger partial charge on any atom is 0.388 e. The number of rotatable bonds is 6. The van der Waals surface area contributed by atoms with Crippen LogP contribution in [0.2, 0.25) is 18.6 Å². The molecule has 0 fully saturated rings. The summed E-state index contributed by atoms with van der Waals surface area (Å²) in [6.07, 6.45) is -2.77. The average Bonchev–Trinajstić information content (AvgIpc) is 2.10. The van der Waals surface area contributed by atoms with Gasteiger partial charge in [0.25, 0.3) is 0 Å². The molecule has 0 aromatic heterocycles. The summed E-state index contributed by atoms with van der Waals surface area (Å²) in [6, 6.07) is 1.02. The van der Waals surface area contributed by atoms with E-state index in [2.05, 4.69) is 0 Å². The highest BCUT2D eigenvalue weighted by atomic mass is 28.4. The van der Waals surface area contributed by atoms with Crippen LogP contribution in [0, 0.1) is 0 Å². The van der Waals surface area contributed by atoms with Gasteiger partial charge in [-0.1, -0.05) is 19.8 Å². The Bertz CT molecular complexity index is 161. The summed E-state index contributed by atoms with van der Waals surface area (Å²) in [6.45, 7) is 3.92. The summed E-state index contributed by atoms with van der Waals surface area (Å²) in [4.78, 5) is 0. The second kappa shape index (κ2) is 5.75. The summed E-state index contributed by atoms with van der Waals surface area (Å²) in [5.41, 5.74) is 0. The van der Waals surface area contributed by atoms with E-state index in [4.69, 9.17) is 4.43 Å². The molecule has 14 heavy (non-hydrogen) atoms. The quantitative estimate of drug-likeness (QED) is 0.625. The van der Waals surface area contributed by atoms with Crippen LogP contribution >= 0.6 is 0 Å². The number of hydrogen-bond acceptors (Lipinski definition) is 1. The van der Waals surface area contributed by atoms with E-state index in [1.165, 1.54) is 7.11 Å². The highest BCUT2D eigenvalue weighted by Crippen LogP contribution is 2.29. The molecule has 0 rings (SSSR count). The van der Waals surface area contributed by atoms with Crippen molar-refractivity contribution in [3.63, 3.8) is 0 Å². The first kappa shape index (κ1) is 14.0. The van der Waals surface area contributed by atoms with Gasteiger partial charge in [-0.3, -0.25) is 0 Å². The highest BCUT2D eigenvalue weighted by Gasteiger charge is 2.34. The van der Waals surface area contributed by atoms with Crippen LogP contribution in [0.5, 0.6) is 0 Å². The Morgan fingerprint density at radius 2 is 1.79 bits per heavy atom. The molecule has 1 atom stereocenters. The van der Waals surface area contributed by atoms with Crippen LogP contribution in [0.3, 0.4) is 0 Å². The van der Waals surface area contributed by atoms with Crippen molar-refractivity contribution >= 4 is 8.32 Å². The van der Waals surface area contributed by atoms with Gasteiger partial charge in [0, 0.05) is 13.5 Å². The van der Waals surface area contributed by atoms with Crippen molar-refractivity contribution in [1.29, 1.82) is 0 Å². The molecule has 1 unspecified atom stereocenters. The van der Waals surface area contributed by atoms with Gasteiger partial charge in [-0.05, 0) is 18.6 Å². The molecule has 1 nitrogen and oxygen atoms in total. The Balaban J connectivity index is 3.98. The number of halogens is 3. The van der Waals surface area contributed by atoms with Gasteiger partial charge in [0.05, 0.1) is 0 Å². The molecule has 0 aromatic carbocycles. The summed E-state index contributed by atoms with van der Waals surface area (Å²) in [5.74, 6) is 0. The largest absolute Gasteiger partial charge is 0.420 e. The van der Waals surface area contributed by atoms with E-state index in [0.717, 1.165) is 18.9 Å². The molecule has 0 aliphatic rings. The van der Waals surface area contributed by atoms with Gasteiger partial charge < -0.3 is 4.43 Å². The van der Waals surface area contributed by atoms with Crippen molar-refractivity contribution in [2.24, 2.45) is 0 Å². The maximum atomic E-state index is 12.0. The zero-order chi connectivity index (χ0) is 11.2. The fourth-order valence-electron chi connectivity index (χ4n) is 1.29. The fourth-order valence-corrected chi connectivity index (χ4v) is 3.86. The maximum absolute atomic E-state index is 12.0. The predicted octanol–water partition coefficient (Wildman–Crippen LogP) is 3.96. The van der Waals surface area contributed by atoms with Crippen LogP contribution in [0.4, 0.5) is 13.2 Å². The summed E-state index contributed by atoms with van der Waals surface area (Å²) >= 11 is 0. The highest BCUT2D eigenvalue weighted by molar-refractivity contribution is 6.72. The first-order valence-electron chi connectivity index (χ1n) is 4.95. The summed E-state index contributed by atoms with van der Waals surface area (Å²) in [7, 11) is -0.534. The second-order valence-corrected chi connectivity index (χ2v) is 8.18. The number of hydrogen-bond donors (Lipinski definition) is 0. The standard InChI is InChI=1S/C9H19F3OSi/c1-4-5-7-14(3,13-2)8-6-9(10,11)12/h4-8H2,1-3H3. The molecule has 0 saturated carbocycles. The monoisotopic (exact) mass is 228 g/mol.